The number of esters is 1. The van der Waals surface area contributed by atoms with Crippen molar-refractivity contribution in [1.82, 2.24) is 9.88 Å². The summed E-state index contributed by atoms with van der Waals surface area (Å²) in [5.74, 6) is 0.357. The lowest BCUT2D eigenvalue weighted by Gasteiger charge is -2.45. The van der Waals surface area contributed by atoms with Crippen molar-refractivity contribution in [3.63, 3.8) is 0 Å². The molecule has 1 aromatic carbocycles. The number of aryl methyl sites for hydroxylation is 1. The molecule has 1 aromatic heterocycles. The summed E-state index contributed by atoms with van der Waals surface area (Å²) in [7, 11) is 1.43. The highest BCUT2D eigenvalue weighted by Gasteiger charge is 2.36. The molecular weight excluding hydrogens is 300 g/mol. The van der Waals surface area contributed by atoms with Crippen molar-refractivity contribution in [3.05, 3.63) is 35.0 Å². The number of benzene rings is 1. The minimum Gasteiger partial charge on any atom is -0.464 e. The number of fused-ring (bicyclic) bond motifs is 5. The average Bonchev–Trinajstić information content (AvgIpc) is 3.05. The Hall–Kier alpha value is -1.81. The standard InChI is InChI=1S/C20H26N2O2/c1-3-10-22-11-4-5-15-13-6-8-17-16(14(13)7-9-19(15)22)12-18(21-17)20(23)24-2/h6,8,12,15,19,21H,3-5,7,9-11H2,1-2H3/t15-,19+/m1/s1. The summed E-state index contributed by atoms with van der Waals surface area (Å²) >= 11 is 0. The fourth-order valence-electron chi connectivity index (χ4n) is 4.86. The Labute approximate surface area is 143 Å². The van der Waals surface area contributed by atoms with Crippen LogP contribution in [-0.4, -0.2) is 42.1 Å². The first-order valence-corrected chi connectivity index (χ1v) is 9.19. The second-order valence-electron chi connectivity index (χ2n) is 7.16. The third-order valence-electron chi connectivity index (χ3n) is 5.85. The van der Waals surface area contributed by atoms with Crippen LogP contribution in [0.15, 0.2) is 18.2 Å². The van der Waals surface area contributed by atoms with Crippen LogP contribution in [-0.2, 0) is 11.2 Å². The molecule has 24 heavy (non-hydrogen) atoms. The van der Waals surface area contributed by atoms with Crippen LogP contribution in [0.25, 0.3) is 10.9 Å². The van der Waals surface area contributed by atoms with E-state index < -0.39 is 0 Å². The van der Waals surface area contributed by atoms with Gasteiger partial charge in [0.05, 0.1) is 7.11 Å². The van der Waals surface area contributed by atoms with Gasteiger partial charge in [-0.1, -0.05) is 13.0 Å². The van der Waals surface area contributed by atoms with Gasteiger partial charge in [0.1, 0.15) is 5.69 Å². The highest BCUT2D eigenvalue weighted by atomic mass is 16.5. The Kier molecular flexibility index (Phi) is 4.09. The molecule has 1 saturated heterocycles. The van der Waals surface area contributed by atoms with Gasteiger partial charge in [0.25, 0.3) is 0 Å². The Morgan fingerprint density at radius 1 is 1.38 bits per heavy atom. The summed E-state index contributed by atoms with van der Waals surface area (Å²) in [6.07, 6.45) is 6.15. The van der Waals surface area contributed by atoms with E-state index in [1.54, 1.807) is 0 Å². The summed E-state index contributed by atoms with van der Waals surface area (Å²) in [5.41, 5.74) is 4.56. The first-order chi connectivity index (χ1) is 11.7. The Bertz CT molecular complexity index is 762. The van der Waals surface area contributed by atoms with Gasteiger partial charge >= 0.3 is 5.97 Å². The number of nitrogens with zero attached hydrogens (tertiary/aromatic N) is 1. The second kappa shape index (κ2) is 6.25. The Balaban J connectivity index is 1.74. The molecule has 0 bridgehead atoms. The SMILES string of the molecule is CCCN1CCC[C@@H]2c3ccc4[nH]c(C(=O)OC)cc4c3CC[C@@H]21. The maximum Gasteiger partial charge on any atom is 0.354 e. The van der Waals surface area contributed by atoms with E-state index >= 15 is 0 Å². The zero-order valence-electron chi connectivity index (χ0n) is 14.6. The van der Waals surface area contributed by atoms with Crippen molar-refractivity contribution in [2.75, 3.05) is 20.2 Å². The minimum atomic E-state index is -0.291. The highest BCUT2D eigenvalue weighted by Crippen LogP contribution is 2.43. The topological polar surface area (TPSA) is 45.3 Å². The number of likely N-dealkylation sites (tertiary alicyclic amines) is 1. The molecule has 1 fully saturated rings. The van der Waals surface area contributed by atoms with Crippen LogP contribution in [0.4, 0.5) is 0 Å². The summed E-state index contributed by atoms with van der Waals surface area (Å²) in [5, 5.41) is 1.21. The number of piperidine rings is 1. The van der Waals surface area contributed by atoms with Crippen molar-refractivity contribution in [2.24, 2.45) is 0 Å². The third-order valence-corrected chi connectivity index (χ3v) is 5.85. The molecule has 2 heterocycles. The predicted molar refractivity (Wildman–Crippen MR) is 95.6 cm³/mol. The summed E-state index contributed by atoms with van der Waals surface area (Å²) < 4.78 is 4.86. The number of carbonyl (C=O) groups excluding carboxylic acids is 1. The maximum atomic E-state index is 11.8. The molecule has 0 saturated carbocycles. The lowest BCUT2D eigenvalue weighted by Crippen LogP contribution is -2.46. The van der Waals surface area contributed by atoms with E-state index in [9.17, 15) is 4.79 Å². The van der Waals surface area contributed by atoms with E-state index in [2.05, 4.69) is 28.9 Å². The van der Waals surface area contributed by atoms with Gasteiger partial charge in [0, 0.05) is 16.9 Å². The maximum absolute atomic E-state index is 11.8. The van der Waals surface area contributed by atoms with Gasteiger partial charge in [-0.15, -0.1) is 0 Å². The fourth-order valence-corrected chi connectivity index (χ4v) is 4.86. The summed E-state index contributed by atoms with van der Waals surface area (Å²) in [4.78, 5) is 17.8. The van der Waals surface area contributed by atoms with Crippen LogP contribution < -0.4 is 0 Å². The van der Waals surface area contributed by atoms with Gasteiger partial charge in [0.15, 0.2) is 0 Å². The van der Waals surface area contributed by atoms with Gasteiger partial charge in [0.2, 0.25) is 0 Å². The third kappa shape index (κ3) is 2.44. The smallest absolute Gasteiger partial charge is 0.354 e. The van der Waals surface area contributed by atoms with Gasteiger partial charge in [-0.3, -0.25) is 4.90 Å². The van der Waals surface area contributed by atoms with Crippen molar-refractivity contribution in [1.29, 1.82) is 0 Å². The molecule has 4 nitrogen and oxygen atoms in total. The van der Waals surface area contributed by atoms with Crippen LogP contribution in [0.5, 0.6) is 0 Å². The van der Waals surface area contributed by atoms with Crippen LogP contribution in [0.3, 0.4) is 0 Å². The largest absolute Gasteiger partial charge is 0.464 e. The van der Waals surface area contributed by atoms with Crippen LogP contribution >= 0.6 is 0 Å². The monoisotopic (exact) mass is 326 g/mol. The van der Waals surface area contributed by atoms with Gasteiger partial charge in [-0.05, 0) is 74.4 Å². The molecule has 128 valence electrons. The number of carbonyl (C=O) groups is 1. The zero-order chi connectivity index (χ0) is 16.7. The van der Waals surface area contributed by atoms with Crippen molar-refractivity contribution < 1.29 is 9.53 Å². The van der Waals surface area contributed by atoms with Crippen LogP contribution in [0.1, 0.15) is 60.1 Å². The first kappa shape index (κ1) is 15.7. The number of H-pyrrole nitrogens is 1. The number of aromatic nitrogens is 1. The molecule has 0 unspecified atom stereocenters. The normalized spacial score (nSPS) is 23.8. The number of rotatable bonds is 3. The molecule has 0 amide bonds. The highest BCUT2D eigenvalue weighted by molar-refractivity contribution is 5.96. The number of hydrogen-bond donors (Lipinski definition) is 1. The van der Waals surface area contributed by atoms with Crippen molar-refractivity contribution in [2.45, 2.75) is 51.0 Å². The number of aromatic amines is 1. The molecule has 1 aliphatic carbocycles. The van der Waals surface area contributed by atoms with E-state index in [0.29, 0.717) is 17.7 Å². The fraction of sp³-hybridized carbons (Fsp3) is 0.550. The lowest BCUT2D eigenvalue weighted by molar-refractivity contribution is 0.0595. The van der Waals surface area contributed by atoms with Gasteiger partial charge < -0.3 is 9.72 Å². The minimum absolute atomic E-state index is 0.291. The molecule has 2 aliphatic rings. The Morgan fingerprint density at radius 3 is 3.04 bits per heavy atom. The summed E-state index contributed by atoms with van der Waals surface area (Å²) in [6.45, 7) is 4.75. The van der Waals surface area contributed by atoms with E-state index in [4.69, 9.17) is 4.74 Å². The molecule has 4 rings (SSSR count). The predicted octanol–water partition coefficient (Wildman–Crippen LogP) is 3.86. The van der Waals surface area contributed by atoms with E-state index in [0.717, 1.165) is 11.9 Å². The van der Waals surface area contributed by atoms with Crippen molar-refractivity contribution in [3.8, 4) is 0 Å². The number of nitrogens with one attached hydrogen (secondary N) is 1. The molecular formula is C20H26N2O2. The summed E-state index contributed by atoms with van der Waals surface area (Å²) in [6, 6.07) is 7.11. The zero-order valence-corrected chi connectivity index (χ0v) is 14.6. The second-order valence-corrected chi connectivity index (χ2v) is 7.16. The molecule has 4 heteroatoms. The number of ether oxygens (including phenoxy) is 1. The first-order valence-electron chi connectivity index (χ1n) is 9.19. The molecule has 0 radical (unpaired) electrons. The van der Waals surface area contributed by atoms with E-state index in [-0.39, 0.29) is 5.97 Å². The van der Waals surface area contributed by atoms with Gasteiger partial charge in [-0.25, -0.2) is 4.79 Å². The quantitative estimate of drug-likeness (QED) is 0.871. The Morgan fingerprint density at radius 2 is 2.25 bits per heavy atom. The van der Waals surface area contributed by atoms with Gasteiger partial charge in [-0.2, -0.15) is 0 Å². The van der Waals surface area contributed by atoms with E-state index in [1.165, 1.54) is 62.4 Å². The molecule has 1 aliphatic heterocycles. The lowest BCUT2D eigenvalue weighted by atomic mass is 9.73. The molecule has 2 aromatic rings. The van der Waals surface area contributed by atoms with Crippen LogP contribution in [0, 0.1) is 0 Å². The molecule has 2 atom stereocenters. The number of methoxy groups -OCH3 is 1. The molecule has 0 spiro atoms. The van der Waals surface area contributed by atoms with Crippen molar-refractivity contribution >= 4 is 16.9 Å². The van der Waals surface area contributed by atoms with E-state index in [1.807, 2.05) is 6.07 Å². The number of hydrogen-bond acceptors (Lipinski definition) is 3. The average molecular weight is 326 g/mol. The molecule has 1 N–H and O–H groups in total. The van der Waals surface area contributed by atoms with Crippen LogP contribution in [0.2, 0.25) is 0 Å².